The van der Waals surface area contributed by atoms with Crippen molar-refractivity contribution < 1.29 is 14.3 Å². The van der Waals surface area contributed by atoms with E-state index < -0.39 is 0 Å². The number of hydrogen-bond acceptors (Lipinski definition) is 3. The fourth-order valence-corrected chi connectivity index (χ4v) is 3.43. The maximum Gasteiger partial charge on any atom is 0.321 e. The molecule has 0 unspecified atom stereocenters. The maximum atomic E-state index is 12.8. The minimum Gasteiger partial charge on any atom is -0.497 e. The quantitative estimate of drug-likeness (QED) is 0.858. The van der Waals surface area contributed by atoms with Crippen LogP contribution in [0, 0.1) is 0 Å². The third-order valence-corrected chi connectivity index (χ3v) is 5.08. The SMILES string of the molecule is CC[C@@H]1CN(C(=O)Nc2ccc(OC)cc2)CCC(=O)N1Cc1ccccc1. The van der Waals surface area contributed by atoms with E-state index in [9.17, 15) is 9.59 Å². The van der Waals surface area contributed by atoms with Crippen LogP contribution in [0.15, 0.2) is 54.6 Å². The number of anilines is 1. The molecule has 0 saturated carbocycles. The van der Waals surface area contributed by atoms with Crippen molar-refractivity contribution in [2.24, 2.45) is 0 Å². The molecule has 1 aliphatic rings. The van der Waals surface area contributed by atoms with E-state index in [0.29, 0.717) is 31.7 Å². The summed E-state index contributed by atoms with van der Waals surface area (Å²) in [5, 5.41) is 2.92. The standard InChI is InChI=1S/C22H27N3O3/c1-3-19-16-24(22(27)23-18-9-11-20(28-2)12-10-18)14-13-21(26)25(19)15-17-7-5-4-6-8-17/h4-12,19H,3,13-16H2,1-2H3,(H,23,27)/t19-/m1/s1. The lowest BCUT2D eigenvalue weighted by Crippen LogP contribution is -2.44. The number of hydrogen-bond donors (Lipinski definition) is 1. The third-order valence-electron chi connectivity index (χ3n) is 5.08. The Balaban J connectivity index is 1.68. The Labute approximate surface area is 166 Å². The minimum absolute atomic E-state index is 0.00294. The van der Waals surface area contributed by atoms with Gasteiger partial charge >= 0.3 is 6.03 Å². The zero-order valence-corrected chi connectivity index (χ0v) is 16.4. The van der Waals surface area contributed by atoms with Gasteiger partial charge < -0.3 is 19.9 Å². The Morgan fingerprint density at radius 3 is 2.50 bits per heavy atom. The highest BCUT2D eigenvalue weighted by Crippen LogP contribution is 2.20. The molecule has 0 bridgehead atoms. The number of nitrogens with one attached hydrogen (secondary N) is 1. The largest absolute Gasteiger partial charge is 0.497 e. The Kier molecular flexibility index (Phi) is 6.53. The first-order valence-electron chi connectivity index (χ1n) is 9.64. The smallest absolute Gasteiger partial charge is 0.321 e. The molecule has 1 saturated heterocycles. The number of amides is 3. The highest BCUT2D eigenvalue weighted by Gasteiger charge is 2.30. The average Bonchev–Trinajstić information content (AvgIpc) is 2.88. The third kappa shape index (κ3) is 4.82. The van der Waals surface area contributed by atoms with E-state index in [2.05, 4.69) is 12.2 Å². The van der Waals surface area contributed by atoms with Crippen LogP contribution in [-0.4, -0.2) is 48.0 Å². The summed E-state index contributed by atoms with van der Waals surface area (Å²) >= 11 is 0. The van der Waals surface area contributed by atoms with Gasteiger partial charge in [-0.1, -0.05) is 37.3 Å². The number of benzene rings is 2. The molecular weight excluding hydrogens is 354 g/mol. The molecule has 148 valence electrons. The monoisotopic (exact) mass is 381 g/mol. The predicted molar refractivity (Wildman–Crippen MR) is 109 cm³/mol. The molecule has 6 heteroatoms. The van der Waals surface area contributed by atoms with Crippen LogP contribution >= 0.6 is 0 Å². The maximum absolute atomic E-state index is 12.8. The molecular formula is C22H27N3O3. The molecule has 0 spiro atoms. The fraction of sp³-hybridized carbons (Fsp3) is 0.364. The summed E-state index contributed by atoms with van der Waals surface area (Å²) in [5.74, 6) is 0.830. The second kappa shape index (κ2) is 9.26. The van der Waals surface area contributed by atoms with Crippen molar-refractivity contribution in [2.75, 3.05) is 25.5 Å². The fourth-order valence-electron chi connectivity index (χ4n) is 3.43. The molecule has 1 aliphatic heterocycles. The lowest BCUT2D eigenvalue weighted by Gasteiger charge is -2.31. The van der Waals surface area contributed by atoms with Crippen LogP contribution in [0.1, 0.15) is 25.3 Å². The highest BCUT2D eigenvalue weighted by atomic mass is 16.5. The van der Waals surface area contributed by atoms with Crippen molar-refractivity contribution in [3.63, 3.8) is 0 Å². The lowest BCUT2D eigenvalue weighted by molar-refractivity contribution is -0.133. The van der Waals surface area contributed by atoms with Gasteiger partial charge in [0.15, 0.2) is 0 Å². The van der Waals surface area contributed by atoms with Crippen LogP contribution in [0.25, 0.3) is 0 Å². The topological polar surface area (TPSA) is 61.9 Å². The van der Waals surface area contributed by atoms with Gasteiger partial charge in [-0.2, -0.15) is 0 Å². The van der Waals surface area contributed by atoms with E-state index in [1.54, 1.807) is 36.3 Å². The average molecular weight is 381 g/mol. The van der Waals surface area contributed by atoms with Gasteiger partial charge in [0, 0.05) is 37.8 Å². The van der Waals surface area contributed by atoms with Crippen molar-refractivity contribution in [1.29, 1.82) is 0 Å². The van der Waals surface area contributed by atoms with Crippen molar-refractivity contribution in [2.45, 2.75) is 32.4 Å². The van der Waals surface area contributed by atoms with Crippen LogP contribution in [0.2, 0.25) is 0 Å². The van der Waals surface area contributed by atoms with Gasteiger partial charge in [-0.25, -0.2) is 4.79 Å². The second-order valence-electron chi connectivity index (χ2n) is 6.92. The summed E-state index contributed by atoms with van der Waals surface area (Å²) in [6, 6.07) is 17.0. The molecule has 2 aromatic rings. The van der Waals surface area contributed by atoms with Crippen molar-refractivity contribution in [3.8, 4) is 5.75 Å². The molecule has 6 nitrogen and oxygen atoms in total. The van der Waals surface area contributed by atoms with Gasteiger partial charge in [-0.15, -0.1) is 0 Å². The summed E-state index contributed by atoms with van der Waals surface area (Å²) in [4.78, 5) is 29.2. The normalized spacial score (nSPS) is 17.2. The van der Waals surface area contributed by atoms with Gasteiger partial charge in [0.1, 0.15) is 5.75 Å². The number of carbonyl (C=O) groups is 2. The summed E-state index contributed by atoms with van der Waals surface area (Å²) in [6.07, 6.45) is 1.13. The molecule has 0 aliphatic carbocycles. The first kappa shape index (κ1) is 19.7. The number of ether oxygens (including phenoxy) is 1. The predicted octanol–water partition coefficient (Wildman–Crippen LogP) is 3.74. The van der Waals surface area contributed by atoms with Crippen LogP contribution < -0.4 is 10.1 Å². The summed E-state index contributed by atoms with van der Waals surface area (Å²) in [6.45, 7) is 3.58. The van der Waals surface area contributed by atoms with Gasteiger partial charge in [0.05, 0.1) is 7.11 Å². The zero-order chi connectivity index (χ0) is 19.9. The Morgan fingerprint density at radius 2 is 1.86 bits per heavy atom. The number of urea groups is 1. The Hall–Kier alpha value is -3.02. The number of carbonyl (C=O) groups excluding carboxylic acids is 2. The number of rotatable bonds is 5. The van der Waals surface area contributed by atoms with Crippen LogP contribution in [0.4, 0.5) is 10.5 Å². The van der Waals surface area contributed by atoms with E-state index in [4.69, 9.17) is 4.74 Å². The van der Waals surface area contributed by atoms with E-state index in [1.165, 1.54) is 0 Å². The Bertz CT molecular complexity index is 792. The molecule has 1 heterocycles. The molecule has 0 radical (unpaired) electrons. The molecule has 2 aromatic carbocycles. The highest BCUT2D eigenvalue weighted by molar-refractivity contribution is 5.90. The van der Waals surface area contributed by atoms with Crippen LogP contribution in [-0.2, 0) is 11.3 Å². The Morgan fingerprint density at radius 1 is 1.14 bits per heavy atom. The van der Waals surface area contributed by atoms with Crippen LogP contribution in [0.5, 0.6) is 5.75 Å². The van der Waals surface area contributed by atoms with E-state index in [0.717, 1.165) is 17.7 Å². The number of methoxy groups -OCH3 is 1. The van der Waals surface area contributed by atoms with Crippen LogP contribution in [0.3, 0.4) is 0 Å². The van der Waals surface area contributed by atoms with Crippen molar-refractivity contribution in [1.82, 2.24) is 9.80 Å². The van der Waals surface area contributed by atoms with Gasteiger partial charge in [-0.05, 0) is 36.2 Å². The van der Waals surface area contributed by atoms with E-state index >= 15 is 0 Å². The molecule has 28 heavy (non-hydrogen) atoms. The van der Waals surface area contributed by atoms with Crippen molar-refractivity contribution >= 4 is 17.6 Å². The van der Waals surface area contributed by atoms with E-state index in [-0.39, 0.29) is 18.0 Å². The first-order chi connectivity index (χ1) is 13.6. The summed E-state index contributed by atoms with van der Waals surface area (Å²) < 4.78 is 5.14. The summed E-state index contributed by atoms with van der Waals surface area (Å²) in [7, 11) is 1.61. The summed E-state index contributed by atoms with van der Waals surface area (Å²) in [5.41, 5.74) is 1.81. The molecule has 3 rings (SSSR count). The van der Waals surface area contributed by atoms with Crippen molar-refractivity contribution in [3.05, 3.63) is 60.2 Å². The van der Waals surface area contributed by atoms with Gasteiger partial charge in [0.2, 0.25) is 5.91 Å². The minimum atomic E-state index is -0.182. The first-order valence-corrected chi connectivity index (χ1v) is 9.64. The lowest BCUT2D eigenvalue weighted by atomic mass is 10.1. The zero-order valence-electron chi connectivity index (χ0n) is 16.4. The van der Waals surface area contributed by atoms with Gasteiger partial charge in [0.25, 0.3) is 0 Å². The van der Waals surface area contributed by atoms with Gasteiger partial charge in [-0.3, -0.25) is 4.79 Å². The molecule has 1 atom stereocenters. The molecule has 1 fully saturated rings. The second-order valence-corrected chi connectivity index (χ2v) is 6.92. The van der Waals surface area contributed by atoms with E-state index in [1.807, 2.05) is 35.2 Å². The molecule has 1 N–H and O–H groups in total. The molecule has 3 amide bonds. The molecule has 0 aromatic heterocycles. The number of nitrogens with zero attached hydrogens (tertiary/aromatic N) is 2.